The highest BCUT2D eigenvalue weighted by molar-refractivity contribution is 6.34. The van der Waals surface area contributed by atoms with Gasteiger partial charge in [-0.1, -0.05) is 23.7 Å². The Kier molecular flexibility index (Phi) is 5.85. The Hall–Kier alpha value is -3.46. The van der Waals surface area contributed by atoms with Crippen molar-refractivity contribution in [1.82, 2.24) is 24.9 Å². The summed E-state index contributed by atoms with van der Waals surface area (Å²) >= 11 is 6.16. The van der Waals surface area contributed by atoms with Gasteiger partial charge < -0.3 is 14.7 Å². The summed E-state index contributed by atoms with van der Waals surface area (Å²) < 4.78 is 5.91. The Bertz CT molecular complexity index is 1100. The minimum absolute atomic E-state index is 0.000211. The van der Waals surface area contributed by atoms with Gasteiger partial charge in [0.15, 0.2) is 0 Å². The van der Waals surface area contributed by atoms with Crippen LogP contribution >= 0.6 is 11.6 Å². The Morgan fingerprint density at radius 2 is 1.84 bits per heavy atom. The number of nitrogens with zero attached hydrogens (tertiary/aromatic N) is 5. The fourth-order valence-corrected chi connectivity index (χ4v) is 3.84. The lowest BCUT2D eigenvalue weighted by atomic mass is 9.99. The number of para-hydroxylation sites is 1. The first-order valence-electron chi connectivity index (χ1n) is 9.77. The number of amides is 1. The Morgan fingerprint density at radius 1 is 1.10 bits per heavy atom. The number of hydrogen-bond acceptors (Lipinski definition) is 6. The number of likely N-dealkylation sites (tertiary alicyclic amines) is 1. The van der Waals surface area contributed by atoms with Gasteiger partial charge in [0.2, 0.25) is 5.88 Å². The van der Waals surface area contributed by atoms with Crippen LogP contribution in [0.3, 0.4) is 0 Å². The lowest BCUT2D eigenvalue weighted by Gasteiger charge is -2.38. The summed E-state index contributed by atoms with van der Waals surface area (Å²) in [6.07, 6.45) is 5.47. The van der Waals surface area contributed by atoms with Crippen molar-refractivity contribution in [2.45, 2.75) is 31.9 Å². The molecule has 31 heavy (non-hydrogen) atoms. The molecule has 1 N–H and O–H groups in total. The summed E-state index contributed by atoms with van der Waals surface area (Å²) in [5.74, 6) is -1.27. The van der Waals surface area contributed by atoms with Crippen molar-refractivity contribution in [3.63, 3.8) is 0 Å². The number of aromatic carboxylic acids is 1. The van der Waals surface area contributed by atoms with E-state index >= 15 is 0 Å². The standard InChI is InChI=1S/C21H20ClN5O4/c1-13-6-7-14(31-19-18(22)16(21(29)30)8-9-23-19)12-26(13)20(28)15-4-2-3-5-17(15)27-24-10-11-25-27/h2-5,8-11,13-14H,6-7,12H2,1H3,(H,29,30). The molecule has 1 fully saturated rings. The second kappa shape index (κ2) is 8.73. The molecule has 4 rings (SSSR count). The summed E-state index contributed by atoms with van der Waals surface area (Å²) in [6.45, 7) is 2.30. The number of carbonyl (C=O) groups is 2. The van der Waals surface area contributed by atoms with Crippen LogP contribution in [0.2, 0.25) is 5.02 Å². The van der Waals surface area contributed by atoms with E-state index in [2.05, 4.69) is 15.2 Å². The minimum Gasteiger partial charge on any atom is -0.478 e. The van der Waals surface area contributed by atoms with E-state index in [1.54, 1.807) is 35.5 Å². The summed E-state index contributed by atoms with van der Waals surface area (Å²) in [6, 6.07) is 8.47. The van der Waals surface area contributed by atoms with Crippen LogP contribution in [0.1, 0.15) is 40.5 Å². The Balaban J connectivity index is 1.56. The summed E-state index contributed by atoms with van der Waals surface area (Å²) in [4.78, 5) is 31.9. The van der Waals surface area contributed by atoms with Gasteiger partial charge in [-0.2, -0.15) is 15.0 Å². The zero-order valence-corrected chi connectivity index (χ0v) is 17.4. The topological polar surface area (TPSA) is 110 Å². The summed E-state index contributed by atoms with van der Waals surface area (Å²) in [5, 5.41) is 17.5. The van der Waals surface area contributed by atoms with E-state index in [4.69, 9.17) is 16.3 Å². The molecule has 0 radical (unpaired) electrons. The number of hydrogen-bond donors (Lipinski definition) is 1. The molecule has 1 aliphatic heterocycles. The van der Waals surface area contributed by atoms with Crippen LogP contribution in [-0.4, -0.2) is 60.6 Å². The van der Waals surface area contributed by atoms with E-state index in [-0.39, 0.29) is 34.5 Å². The van der Waals surface area contributed by atoms with Crippen LogP contribution < -0.4 is 4.74 Å². The maximum Gasteiger partial charge on any atom is 0.337 e. The molecule has 0 aliphatic carbocycles. The molecule has 10 heteroatoms. The summed E-state index contributed by atoms with van der Waals surface area (Å²) in [5.41, 5.74) is 0.992. The van der Waals surface area contributed by atoms with Gasteiger partial charge in [-0.3, -0.25) is 4.79 Å². The number of piperidine rings is 1. The van der Waals surface area contributed by atoms with E-state index in [1.165, 1.54) is 17.1 Å². The lowest BCUT2D eigenvalue weighted by Crippen LogP contribution is -2.49. The largest absolute Gasteiger partial charge is 0.478 e. The fraction of sp³-hybridized carbons (Fsp3) is 0.286. The molecule has 1 amide bonds. The third-order valence-electron chi connectivity index (χ3n) is 5.23. The van der Waals surface area contributed by atoms with Crippen molar-refractivity contribution in [2.24, 2.45) is 0 Å². The van der Waals surface area contributed by atoms with Crippen LogP contribution in [0.4, 0.5) is 0 Å². The van der Waals surface area contributed by atoms with Crippen molar-refractivity contribution in [3.05, 3.63) is 65.1 Å². The number of benzene rings is 1. The normalized spacial score (nSPS) is 18.6. The maximum absolute atomic E-state index is 13.4. The molecule has 1 aromatic carbocycles. The average Bonchev–Trinajstić information content (AvgIpc) is 3.30. The lowest BCUT2D eigenvalue weighted by molar-refractivity contribution is 0.0372. The minimum atomic E-state index is -1.16. The van der Waals surface area contributed by atoms with Crippen molar-refractivity contribution >= 4 is 23.5 Å². The van der Waals surface area contributed by atoms with E-state index in [0.29, 0.717) is 24.2 Å². The average molecular weight is 442 g/mol. The second-order valence-electron chi connectivity index (χ2n) is 7.24. The van der Waals surface area contributed by atoms with Crippen molar-refractivity contribution < 1.29 is 19.4 Å². The van der Waals surface area contributed by atoms with Gasteiger partial charge in [-0.15, -0.1) is 0 Å². The summed E-state index contributed by atoms with van der Waals surface area (Å²) in [7, 11) is 0. The Labute approximate surface area is 183 Å². The molecule has 0 bridgehead atoms. The molecule has 1 saturated heterocycles. The molecule has 2 aromatic heterocycles. The number of pyridine rings is 1. The number of carboxylic acids is 1. The maximum atomic E-state index is 13.4. The van der Waals surface area contributed by atoms with Crippen molar-refractivity contribution in [1.29, 1.82) is 0 Å². The van der Waals surface area contributed by atoms with E-state index < -0.39 is 5.97 Å². The highest BCUT2D eigenvalue weighted by Gasteiger charge is 2.32. The van der Waals surface area contributed by atoms with Crippen LogP contribution in [0, 0.1) is 0 Å². The zero-order valence-electron chi connectivity index (χ0n) is 16.7. The smallest absolute Gasteiger partial charge is 0.337 e. The van der Waals surface area contributed by atoms with Gasteiger partial charge in [0.05, 0.1) is 35.8 Å². The molecule has 3 heterocycles. The van der Waals surface area contributed by atoms with E-state index in [1.807, 2.05) is 13.0 Å². The molecule has 9 nitrogen and oxygen atoms in total. The van der Waals surface area contributed by atoms with Gasteiger partial charge in [0.25, 0.3) is 5.91 Å². The highest BCUT2D eigenvalue weighted by atomic mass is 35.5. The van der Waals surface area contributed by atoms with Crippen LogP contribution in [-0.2, 0) is 0 Å². The third kappa shape index (κ3) is 4.22. The monoisotopic (exact) mass is 441 g/mol. The first kappa shape index (κ1) is 20.8. The molecule has 1 aliphatic rings. The first-order valence-corrected chi connectivity index (χ1v) is 10.1. The van der Waals surface area contributed by atoms with Gasteiger partial charge >= 0.3 is 5.97 Å². The molecular weight excluding hydrogens is 422 g/mol. The van der Waals surface area contributed by atoms with Gasteiger partial charge in [-0.05, 0) is 38.0 Å². The van der Waals surface area contributed by atoms with Crippen LogP contribution in [0.25, 0.3) is 5.69 Å². The van der Waals surface area contributed by atoms with E-state index in [0.717, 1.165) is 6.42 Å². The number of aromatic nitrogens is 4. The Morgan fingerprint density at radius 3 is 2.58 bits per heavy atom. The first-order chi connectivity index (χ1) is 15.0. The molecular formula is C21H20ClN5O4. The number of halogens is 1. The number of rotatable bonds is 5. The SMILES string of the molecule is CC1CCC(Oc2nccc(C(=O)O)c2Cl)CN1C(=O)c1ccccc1-n1nccn1. The number of ether oxygens (including phenoxy) is 1. The van der Waals surface area contributed by atoms with E-state index in [9.17, 15) is 14.7 Å². The molecule has 0 saturated carbocycles. The molecule has 160 valence electrons. The van der Waals surface area contributed by atoms with Crippen LogP contribution in [0.5, 0.6) is 5.88 Å². The van der Waals surface area contributed by atoms with Crippen molar-refractivity contribution in [2.75, 3.05) is 6.54 Å². The number of carbonyl (C=O) groups excluding carboxylic acids is 1. The predicted octanol–water partition coefficient (Wildman–Crippen LogP) is 3.09. The molecule has 2 unspecified atom stereocenters. The quantitative estimate of drug-likeness (QED) is 0.647. The second-order valence-corrected chi connectivity index (χ2v) is 7.62. The van der Waals surface area contributed by atoms with Crippen LogP contribution in [0.15, 0.2) is 48.9 Å². The van der Waals surface area contributed by atoms with Gasteiger partial charge in [-0.25, -0.2) is 9.78 Å². The zero-order chi connectivity index (χ0) is 22.0. The number of carboxylic acid groups (broad SMARTS) is 1. The highest BCUT2D eigenvalue weighted by Crippen LogP contribution is 2.30. The molecule has 3 aromatic rings. The third-order valence-corrected chi connectivity index (χ3v) is 5.60. The molecule has 0 spiro atoms. The fourth-order valence-electron chi connectivity index (χ4n) is 3.61. The van der Waals surface area contributed by atoms with Gasteiger partial charge in [0, 0.05) is 12.2 Å². The van der Waals surface area contributed by atoms with Gasteiger partial charge in [0.1, 0.15) is 11.1 Å². The molecule has 2 atom stereocenters. The van der Waals surface area contributed by atoms with Crippen molar-refractivity contribution in [3.8, 4) is 11.6 Å². The predicted molar refractivity (Wildman–Crippen MR) is 112 cm³/mol.